The summed E-state index contributed by atoms with van der Waals surface area (Å²) in [6.07, 6.45) is 2.20. The third-order valence-electron chi connectivity index (χ3n) is 3.93. The zero-order valence-corrected chi connectivity index (χ0v) is 10.3. The van der Waals surface area contributed by atoms with Gasteiger partial charge in [-0.25, -0.2) is 4.79 Å². The molecule has 1 amide bonds. The van der Waals surface area contributed by atoms with E-state index >= 15 is 0 Å². The second-order valence-electron chi connectivity index (χ2n) is 5.10. The van der Waals surface area contributed by atoms with Crippen LogP contribution in [0.5, 0.6) is 0 Å². The molecule has 1 aromatic rings. The van der Waals surface area contributed by atoms with Crippen LogP contribution in [0, 0.1) is 5.92 Å². The molecule has 3 saturated heterocycles. The maximum Gasteiger partial charge on any atom is 0.374 e. The van der Waals surface area contributed by atoms with Crippen LogP contribution < -0.4 is 5.32 Å². The highest BCUT2D eigenvalue weighted by Gasteiger charge is 2.35. The molecule has 3 fully saturated rings. The van der Waals surface area contributed by atoms with Crippen LogP contribution in [0.25, 0.3) is 0 Å². The van der Waals surface area contributed by atoms with Gasteiger partial charge in [0.1, 0.15) is 0 Å². The first-order valence-corrected chi connectivity index (χ1v) is 6.36. The van der Waals surface area contributed by atoms with Crippen LogP contribution in [0.15, 0.2) is 10.6 Å². The van der Waals surface area contributed by atoms with Gasteiger partial charge in [-0.3, -0.25) is 4.79 Å². The fourth-order valence-corrected chi connectivity index (χ4v) is 2.85. The molecular weight excluding hydrogens is 250 g/mol. The highest BCUT2D eigenvalue weighted by molar-refractivity contribution is 5.95. The monoisotopic (exact) mass is 265 g/mol. The summed E-state index contributed by atoms with van der Waals surface area (Å²) in [5.41, 5.74) is 0.0221. The molecular formula is C12H15N3O4. The molecule has 7 heteroatoms. The van der Waals surface area contributed by atoms with E-state index in [2.05, 4.69) is 19.9 Å². The van der Waals surface area contributed by atoms with E-state index in [1.165, 1.54) is 0 Å². The molecule has 1 unspecified atom stereocenters. The molecule has 0 radical (unpaired) electrons. The number of aromatic carboxylic acids is 1. The summed E-state index contributed by atoms with van der Waals surface area (Å²) in [4.78, 5) is 25.0. The third-order valence-corrected chi connectivity index (χ3v) is 3.93. The molecule has 1 atom stereocenters. The summed E-state index contributed by atoms with van der Waals surface area (Å²) >= 11 is 0. The number of rotatable bonds is 3. The molecule has 0 spiro atoms. The van der Waals surface area contributed by atoms with Crippen molar-refractivity contribution < 1.29 is 19.2 Å². The van der Waals surface area contributed by atoms with Crippen LogP contribution in [0.4, 0.5) is 0 Å². The number of carbonyl (C=O) groups excluding carboxylic acids is 1. The van der Waals surface area contributed by atoms with Gasteiger partial charge in [-0.05, 0) is 31.8 Å². The molecule has 3 aliphatic heterocycles. The van der Waals surface area contributed by atoms with Crippen LogP contribution in [0.1, 0.15) is 33.9 Å². The standard InChI is InChI=1S/C12H15N3O4/c16-11(8-5-10(12(17)18)19-14-8)13-9-6-15-3-1-7(9)2-4-15/h5,7,9H,1-4,6H2,(H,13,16)(H,17,18). The van der Waals surface area contributed by atoms with Gasteiger partial charge in [0.05, 0.1) is 0 Å². The minimum atomic E-state index is -1.23. The number of nitrogens with zero attached hydrogens (tertiary/aromatic N) is 2. The van der Waals surface area contributed by atoms with E-state index < -0.39 is 5.97 Å². The van der Waals surface area contributed by atoms with Crippen molar-refractivity contribution in [2.24, 2.45) is 5.92 Å². The van der Waals surface area contributed by atoms with E-state index in [-0.39, 0.29) is 23.4 Å². The van der Waals surface area contributed by atoms with Crippen molar-refractivity contribution >= 4 is 11.9 Å². The van der Waals surface area contributed by atoms with Crippen molar-refractivity contribution in [3.63, 3.8) is 0 Å². The molecule has 0 aliphatic carbocycles. The van der Waals surface area contributed by atoms with Crippen molar-refractivity contribution in [3.05, 3.63) is 17.5 Å². The van der Waals surface area contributed by atoms with E-state index in [0.29, 0.717) is 5.92 Å². The van der Waals surface area contributed by atoms with Gasteiger partial charge < -0.3 is 19.8 Å². The molecule has 4 heterocycles. The van der Waals surface area contributed by atoms with Gasteiger partial charge in [0.15, 0.2) is 5.69 Å². The summed E-state index contributed by atoms with van der Waals surface area (Å²) < 4.78 is 4.58. The van der Waals surface area contributed by atoms with Crippen molar-refractivity contribution in [1.82, 2.24) is 15.4 Å². The first-order chi connectivity index (χ1) is 9.13. The Kier molecular flexibility index (Phi) is 2.98. The Hall–Kier alpha value is -1.89. The zero-order chi connectivity index (χ0) is 13.4. The molecule has 3 aliphatic rings. The van der Waals surface area contributed by atoms with E-state index in [0.717, 1.165) is 38.5 Å². The fourth-order valence-electron chi connectivity index (χ4n) is 2.85. The Balaban J connectivity index is 1.66. The molecule has 1 aromatic heterocycles. The van der Waals surface area contributed by atoms with Gasteiger partial charge in [-0.1, -0.05) is 5.16 Å². The number of carboxylic acid groups (broad SMARTS) is 1. The lowest BCUT2D eigenvalue weighted by molar-refractivity contribution is 0.0612. The molecule has 0 saturated carbocycles. The Morgan fingerprint density at radius 2 is 2.16 bits per heavy atom. The van der Waals surface area contributed by atoms with E-state index in [1.54, 1.807) is 0 Å². The first kappa shape index (κ1) is 12.2. The molecule has 7 nitrogen and oxygen atoms in total. The summed E-state index contributed by atoms with van der Waals surface area (Å²) in [7, 11) is 0. The average molecular weight is 265 g/mol. The second kappa shape index (κ2) is 4.65. The Labute approximate surface area is 109 Å². The maximum absolute atomic E-state index is 12.0. The van der Waals surface area contributed by atoms with Crippen molar-refractivity contribution in [2.75, 3.05) is 19.6 Å². The molecule has 19 heavy (non-hydrogen) atoms. The minimum absolute atomic E-state index is 0.0221. The molecule has 2 N–H and O–H groups in total. The second-order valence-corrected chi connectivity index (χ2v) is 5.10. The topological polar surface area (TPSA) is 95.7 Å². The quantitative estimate of drug-likeness (QED) is 0.810. The summed E-state index contributed by atoms with van der Waals surface area (Å²) in [6, 6.07) is 1.28. The number of carbonyl (C=O) groups is 2. The number of nitrogens with one attached hydrogen (secondary N) is 1. The van der Waals surface area contributed by atoms with Gasteiger partial charge in [0.2, 0.25) is 5.76 Å². The molecule has 0 aromatic carbocycles. The van der Waals surface area contributed by atoms with Crippen molar-refractivity contribution in [1.29, 1.82) is 0 Å². The Morgan fingerprint density at radius 1 is 1.42 bits per heavy atom. The summed E-state index contributed by atoms with van der Waals surface area (Å²) in [6.45, 7) is 3.06. The highest BCUT2D eigenvalue weighted by Crippen LogP contribution is 2.27. The van der Waals surface area contributed by atoms with Gasteiger partial charge in [-0.2, -0.15) is 0 Å². The fraction of sp³-hybridized carbons (Fsp3) is 0.583. The number of hydrogen-bond acceptors (Lipinski definition) is 5. The number of aromatic nitrogens is 1. The number of carboxylic acids is 1. The highest BCUT2D eigenvalue weighted by atomic mass is 16.5. The molecule has 4 rings (SSSR count). The van der Waals surface area contributed by atoms with Crippen LogP contribution in [-0.2, 0) is 0 Å². The third kappa shape index (κ3) is 2.33. The van der Waals surface area contributed by atoms with E-state index in [9.17, 15) is 9.59 Å². The zero-order valence-electron chi connectivity index (χ0n) is 10.3. The number of piperidine rings is 3. The Bertz CT molecular complexity index is 505. The molecule has 102 valence electrons. The van der Waals surface area contributed by atoms with E-state index in [1.807, 2.05) is 0 Å². The lowest BCUT2D eigenvalue weighted by Gasteiger charge is -2.44. The predicted octanol–water partition coefficient (Wildman–Crippen LogP) is 0.197. The van der Waals surface area contributed by atoms with Gasteiger partial charge in [0.25, 0.3) is 5.91 Å². The van der Waals surface area contributed by atoms with Gasteiger partial charge in [0, 0.05) is 18.7 Å². The average Bonchev–Trinajstić information content (AvgIpc) is 2.90. The smallest absolute Gasteiger partial charge is 0.374 e. The lowest BCUT2D eigenvalue weighted by atomic mass is 9.84. The summed E-state index contributed by atoms with van der Waals surface area (Å²) in [5, 5.41) is 15.1. The largest absolute Gasteiger partial charge is 0.475 e. The van der Waals surface area contributed by atoms with Crippen LogP contribution >= 0.6 is 0 Å². The van der Waals surface area contributed by atoms with Crippen LogP contribution in [0.2, 0.25) is 0 Å². The number of amides is 1. The summed E-state index contributed by atoms with van der Waals surface area (Å²) in [5.74, 6) is -1.40. The van der Waals surface area contributed by atoms with E-state index in [4.69, 9.17) is 5.11 Å². The van der Waals surface area contributed by atoms with Crippen molar-refractivity contribution in [3.8, 4) is 0 Å². The molecule has 2 bridgehead atoms. The van der Waals surface area contributed by atoms with Crippen LogP contribution in [-0.4, -0.2) is 52.7 Å². The number of fused-ring (bicyclic) bond motifs is 3. The van der Waals surface area contributed by atoms with Crippen LogP contribution in [0.3, 0.4) is 0 Å². The minimum Gasteiger partial charge on any atom is -0.475 e. The van der Waals surface area contributed by atoms with Gasteiger partial charge >= 0.3 is 5.97 Å². The van der Waals surface area contributed by atoms with Crippen molar-refractivity contribution in [2.45, 2.75) is 18.9 Å². The lowest BCUT2D eigenvalue weighted by Crippen LogP contribution is -2.57. The van der Waals surface area contributed by atoms with Gasteiger partial charge in [-0.15, -0.1) is 0 Å². The maximum atomic E-state index is 12.0. The normalized spacial score (nSPS) is 29.2. The SMILES string of the molecule is O=C(NC1CN2CCC1CC2)c1cc(C(=O)O)on1. The Morgan fingerprint density at radius 3 is 2.68 bits per heavy atom. The predicted molar refractivity (Wildman–Crippen MR) is 63.9 cm³/mol. The first-order valence-electron chi connectivity index (χ1n) is 6.36. The number of hydrogen-bond donors (Lipinski definition) is 2.